The van der Waals surface area contributed by atoms with Gasteiger partial charge in [-0.2, -0.15) is 0 Å². The second kappa shape index (κ2) is 7.39. The number of methoxy groups -OCH3 is 1. The minimum absolute atomic E-state index is 0.0553. The van der Waals surface area contributed by atoms with Crippen molar-refractivity contribution in [3.63, 3.8) is 0 Å². The molecule has 2 rings (SSSR count). The van der Waals surface area contributed by atoms with Gasteiger partial charge in [-0.3, -0.25) is 4.79 Å². The van der Waals surface area contributed by atoms with Gasteiger partial charge in [0.05, 0.1) is 13.2 Å². The average molecular weight is 331 g/mol. The van der Waals surface area contributed by atoms with E-state index in [0.717, 1.165) is 35.3 Å². The van der Waals surface area contributed by atoms with Crippen molar-refractivity contribution in [1.82, 2.24) is 4.90 Å². The number of aryl methyl sites for hydroxylation is 1. The minimum Gasteiger partial charge on any atom is -0.496 e. The summed E-state index contributed by atoms with van der Waals surface area (Å²) in [6.07, 6.45) is 2.78. The number of hydrogen-bond donors (Lipinski definition) is 1. The Balaban J connectivity index is 2.35. The molecule has 0 saturated heterocycles. The molecule has 1 N–H and O–H groups in total. The van der Waals surface area contributed by atoms with E-state index in [4.69, 9.17) is 4.74 Å². The van der Waals surface area contributed by atoms with Crippen molar-refractivity contribution in [3.05, 3.63) is 41.0 Å². The number of amides is 1. The molecule has 1 aliphatic rings. The molecule has 4 heteroatoms. The molecule has 3 atom stereocenters. The number of aliphatic hydroxyl groups excluding tert-OH is 1. The van der Waals surface area contributed by atoms with Gasteiger partial charge in [0.2, 0.25) is 5.91 Å². The largest absolute Gasteiger partial charge is 0.496 e. The highest BCUT2D eigenvalue weighted by Crippen LogP contribution is 2.44. The lowest BCUT2D eigenvalue weighted by Gasteiger charge is -2.36. The summed E-state index contributed by atoms with van der Waals surface area (Å²) in [5.41, 5.74) is 4.28. The van der Waals surface area contributed by atoms with Crippen LogP contribution in [0.15, 0.2) is 18.7 Å². The normalized spacial score (nSPS) is 20.9. The Kier molecular flexibility index (Phi) is 5.70. The van der Waals surface area contributed by atoms with E-state index in [1.165, 1.54) is 5.56 Å². The lowest BCUT2D eigenvalue weighted by atomic mass is 9.72. The van der Waals surface area contributed by atoms with E-state index in [1.807, 2.05) is 19.9 Å². The van der Waals surface area contributed by atoms with Crippen LogP contribution in [0, 0.1) is 25.7 Å². The summed E-state index contributed by atoms with van der Waals surface area (Å²) in [5.74, 6) is 0.542. The van der Waals surface area contributed by atoms with Gasteiger partial charge in [-0.05, 0) is 55.0 Å². The molecule has 0 aliphatic heterocycles. The van der Waals surface area contributed by atoms with Gasteiger partial charge in [0.1, 0.15) is 5.75 Å². The fourth-order valence-corrected chi connectivity index (χ4v) is 3.93. The average Bonchev–Trinajstić information content (AvgIpc) is 2.56. The van der Waals surface area contributed by atoms with E-state index in [0.29, 0.717) is 6.54 Å². The van der Waals surface area contributed by atoms with Crippen molar-refractivity contribution in [2.75, 3.05) is 20.7 Å². The second-order valence-electron chi connectivity index (χ2n) is 6.86. The standard InChI is InChI=1S/C20H29NO3/c1-7-10-21(5)20(23)13(3)16-9-8-15-12(2)11-17(24-6)14(4)18(15)19(16)22/h7,11,13,16,19,22H,1,8-10H2,2-6H3/t13-,16+,19+/m0/s1. The SMILES string of the molecule is C=CCN(C)C(=O)[C@@H](C)[C@H]1CCc2c(C)cc(OC)c(C)c2[C@@H]1O. The summed E-state index contributed by atoms with van der Waals surface area (Å²) in [6, 6.07) is 2.04. The fraction of sp³-hybridized carbons (Fsp3) is 0.550. The van der Waals surface area contributed by atoms with Gasteiger partial charge in [0.15, 0.2) is 0 Å². The molecule has 132 valence electrons. The Labute approximate surface area is 145 Å². The maximum Gasteiger partial charge on any atom is 0.225 e. The number of ether oxygens (including phenoxy) is 1. The monoisotopic (exact) mass is 331 g/mol. The van der Waals surface area contributed by atoms with Crippen molar-refractivity contribution in [1.29, 1.82) is 0 Å². The number of carbonyl (C=O) groups excluding carboxylic acids is 1. The molecule has 0 fully saturated rings. The Bertz CT molecular complexity index is 638. The minimum atomic E-state index is -0.640. The van der Waals surface area contributed by atoms with Gasteiger partial charge in [0, 0.05) is 25.4 Å². The molecule has 0 heterocycles. The Morgan fingerprint density at radius 3 is 2.79 bits per heavy atom. The molecule has 0 aromatic heterocycles. The maximum absolute atomic E-state index is 12.6. The van der Waals surface area contributed by atoms with Crippen molar-refractivity contribution in [3.8, 4) is 5.75 Å². The molecule has 1 aromatic carbocycles. The first-order chi connectivity index (χ1) is 11.3. The van der Waals surface area contributed by atoms with Gasteiger partial charge in [-0.25, -0.2) is 0 Å². The quantitative estimate of drug-likeness (QED) is 0.843. The van der Waals surface area contributed by atoms with Crippen molar-refractivity contribution < 1.29 is 14.6 Å². The van der Waals surface area contributed by atoms with Gasteiger partial charge in [-0.1, -0.05) is 13.0 Å². The molecule has 0 bridgehead atoms. The molecule has 4 nitrogen and oxygen atoms in total. The number of benzene rings is 1. The van der Waals surface area contributed by atoms with Gasteiger partial charge in [-0.15, -0.1) is 6.58 Å². The van der Waals surface area contributed by atoms with E-state index in [1.54, 1.807) is 25.1 Å². The number of fused-ring (bicyclic) bond motifs is 1. The topological polar surface area (TPSA) is 49.8 Å². The molecule has 0 saturated carbocycles. The smallest absolute Gasteiger partial charge is 0.225 e. The second-order valence-corrected chi connectivity index (χ2v) is 6.86. The molecule has 0 unspecified atom stereocenters. The molecular formula is C20H29NO3. The number of rotatable bonds is 5. The van der Waals surface area contributed by atoms with Crippen LogP contribution < -0.4 is 4.74 Å². The van der Waals surface area contributed by atoms with Crippen LogP contribution in [0.5, 0.6) is 5.75 Å². The third kappa shape index (κ3) is 3.20. The van der Waals surface area contributed by atoms with Gasteiger partial charge in [0.25, 0.3) is 0 Å². The lowest BCUT2D eigenvalue weighted by molar-refractivity contribution is -0.137. The van der Waals surface area contributed by atoms with Crippen LogP contribution in [0.1, 0.15) is 41.7 Å². The van der Waals surface area contributed by atoms with Crippen LogP contribution >= 0.6 is 0 Å². The predicted octanol–water partition coefficient (Wildman–Crippen LogP) is 3.19. The van der Waals surface area contributed by atoms with Gasteiger partial charge >= 0.3 is 0 Å². The highest BCUT2D eigenvalue weighted by atomic mass is 16.5. The van der Waals surface area contributed by atoms with E-state index < -0.39 is 6.10 Å². The highest BCUT2D eigenvalue weighted by molar-refractivity contribution is 5.79. The number of nitrogens with zero attached hydrogens (tertiary/aromatic N) is 1. The highest BCUT2D eigenvalue weighted by Gasteiger charge is 2.37. The molecular weight excluding hydrogens is 302 g/mol. The van der Waals surface area contributed by atoms with Crippen molar-refractivity contribution in [2.45, 2.75) is 39.7 Å². The molecule has 0 spiro atoms. The summed E-state index contributed by atoms with van der Waals surface area (Å²) in [6.45, 7) is 10.2. The van der Waals surface area contributed by atoms with Crippen LogP contribution in [-0.2, 0) is 11.2 Å². The van der Waals surface area contributed by atoms with Crippen LogP contribution in [-0.4, -0.2) is 36.6 Å². The van der Waals surface area contributed by atoms with Crippen LogP contribution in [0.25, 0.3) is 0 Å². The van der Waals surface area contributed by atoms with Gasteiger partial charge < -0.3 is 14.7 Å². The first-order valence-corrected chi connectivity index (χ1v) is 8.54. The van der Waals surface area contributed by atoms with E-state index in [-0.39, 0.29) is 17.7 Å². The van der Waals surface area contributed by atoms with Crippen molar-refractivity contribution in [2.24, 2.45) is 11.8 Å². The molecule has 1 aliphatic carbocycles. The fourth-order valence-electron chi connectivity index (χ4n) is 3.93. The number of carbonyl (C=O) groups is 1. The first kappa shape index (κ1) is 18.5. The third-order valence-electron chi connectivity index (χ3n) is 5.38. The summed E-state index contributed by atoms with van der Waals surface area (Å²) < 4.78 is 5.46. The molecule has 1 aromatic rings. The van der Waals surface area contributed by atoms with E-state index in [9.17, 15) is 9.90 Å². The summed E-state index contributed by atoms with van der Waals surface area (Å²) >= 11 is 0. The molecule has 24 heavy (non-hydrogen) atoms. The predicted molar refractivity (Wildman–Crippen MR) is 96.2 cm³/mol. The maximum atomic E-state index is 12.6. The molecule has 1 amide bonds. The van der Waals surface area contributed by atoms with E-state index >= 15 is 0 Å². The van der Waals surface area contributed by atoms with Crippen LogP contribution in [0.3, 0.4) is 0 Å². The lowest BCUT2D eigenvalue weighted by Crippen LogP contribution is -2.39. The summed E-state index contributed by atoms with van der Waals surface area (Å²) in [5, 5.41) is 11.0. The zero-order valence-electron chi connectivity index (χ0n) is 15.4. The number of hydrogen-bond acceptors (Lipinski definition) is 3. The van der Waals surface area contributed by atoms with E-state index in [2.05, 4.69) is 13.5 Å². The Morgan fingerprint density at radius 2 is 2.21 bits per heavy atom. The molecule has 0 radical (unpaired) electrons. The van der Waals surface area contributed by atoms with Crippen LogP contribution in [0.4, 0.5) is 0 Å². The van der Waals surface area contributed by atoms with Crippen molar-refractivity contribution >= 4 is 5.91 Å². The summed E-state index contributed by atoms with van der Waals surface area (Å²) in [4.78, 5) is 14.3. The summed E-state index contributed by atoms with van der Waals surface area (Å²) in [7, 11) is 3.43. The van der Waals surface area contributed by atoms with Crippen LogP contribution in [0.2, 0.25) is 0 Å². The first-order valence-electron chi connectivity index (χ1n) is 8.54. The Hall–Kier alpha value is -1.81. The number of aliphatic hydroxyl groups is 1. The Morgan fingerprint density at radius 1 is 1.54 bits per heavy atom. The zero-order valence-corrected chi connectivity index (χ0v) is 15.4. The number of likely N-dealkylation sites (N-methyl/N-ethyl adjacent to an activating group) is 1. The third-order valence-corrected chi connectivity index (χ3v) is 5.38. The zero-order chi connectivity index (χ0) is 18.0.